The van der Waals surface area contributed by atoms with Gasteiger partial charge in [-0.3, -0.25) is 4.79 Å². The van der Waals surface area contributed by atoms with E-state index in [9.17, 15) is 22.4 Å². The van der Waals surface area contributed by atoms with Crippen LogP contribution in [-0.2, 0) is 6.18 Å². The van der Waals surface area contributed by atoms with Gasteiger partial charge in [0.2, 0.25) is 0 Å². The van der Waals surface area contributed by atoms with Crippen molar-refractivity contribution < 1.29 is 31.2 Å². The standard InChI is InChI=1S/C23H18F4N8O2/c1-28-22(36)14-11-29-19(33-18-7-6-17(34-35-18)23(25,26)27)8-16(14)32-15-5-3-4-13(20(15)37-2)21-30-9-12(24)10-31-21/h3-11H,1-2H3,(H,28,36)(H2,29,32,33,35)/i1D3. The minimum absolute atomic E-state index is 0.0268. The first-order valence-electron chi connectivity index (χ1n) is 11.8. The van der Waals surface area contributed by atoms with Gasteiger partial charge in [-0.15, -0.1) is 10.2 Å². The quantitative estimate of drug-likeness (QED) is 0.307. The van der Waals surface area contributed by atoms with Crippen molar-refractivity contribution in [3.8, 4) is 17.1 Å². The molecule has 0 fully saturated rings. The predicted molar refractivity (Wildman–Crippen MR) is 125 cm³/mol. The van der Waals surface area contributed by atoms with Crippen LogP contribution in [0.1, 0.15) is 20.2 Å². The van der Waals surface area contributed by atoms with E-state index in [1.54, 1.807) is 18.2 Å². The molecule has 0 saturated carbocycles. The summed E-state index contributed by atoms with van der Waals surface area (Å²) in [6.45, 7) is -2.81. The van der Waals surface area contributed by atoms with E-state index in [1.807, 2.05) is 5.32 Å². The normalized spacial score (nSPS) is 12.6. The summed E-state index contributed by atoms with van der Waals surface area (Å²) in [6.07, 6.45) is -1.66. The summed E-state index contributed by atoms with van der Waals surface area (Å²) < 4.78 is 79.3. The molecule has 10 nitrogen and oxygen atoms in total. The maximum absolute atomic E-state index is 13.3. The molecule has 1 aromatic carbocycles. The Morgan fingerprint density at radius 1 is 0.973 bits per heavy atom. The van der Waals surface area contributed by atoms with E-state index in [4.69, 9.17) is 8.85 Å². The third-order valence-electron chi connectivity index (χ3n) is 4.82. The number of halogens is 4. The van der Waals surface area contributed by atoms with Crippen LogP contribution >= 0.6 is 0 Å². The lowest BCUT2D eigenvalue weighted by Crippen LogP contribution is -2.19. The van der Waals surface area contributed by atoms with Crippen LogP contribution in [0.15, 0.2) is 55.0 Å². The van der Waals surface area contributed by atoms with Crippen molar-refractivity contribution in [2.75, 3.05) is 24.7 Å². The summed E-state index contributed by atoms with van der Waals surface area (Å²) in [7, 11) is 1.36. The molecule has 0 aliphatic heterocycles. The lowest BCUT2D eigenvalue weighted by atomic mass is 10.1. The Labute approximate surface area is 211 Å². The largest absolute Gasteiger partial charge is 0.494 e. The number of pyridine rings is 1. The number of nitrogens with one attached hydrogen (secondary N) is 3. The van der Waals surface area contributed by atoms with Gasteiger partial charge in [0.1, 0.15) is 5.82 Å². The first-order valence-corrected chi connectivity index (χ1v) is 10.3. The van der Waals surface area contributed by atoms with Crippen LogP contribution in [0.25, 0.3) is 11.4 Å². The third-order valence-corrected chi connectivity index (χ3v) is 4.82. The van der Waals surface area contributed by atoms with Crippen LogP contribution < -0.4 is 20.7 Å². The molecule has 37 heavy (non-hydrogen) atoms. The molecule has 14 heteroatoms. The first-order chi connectivity index (χ1) is 18.8. The minimum Gasteiger partial charge on any atom is -0.494 e. The summed E-state index contributed by atoms with van der Waals surface area (Å²) in [6, 6.07) is 7.85. The molecular formula is C23H18F4N8O2. The molecule has 0 saturated heterocycles. The van der Waals surface area contributed by atoms with Crippen molar-refractivity contribution in [2.45, 2.75) is 6.18 Å². The van der Waals surface area contributed by atoms with Crippen molar-refractivity contribution in [1.82, 2.24) is 30.5 Å². The summed E-state index contributed by atoms with van der Waals surface area (Å²) in [5.41, 5.74) is -0.696. The van der Waals surface area contributed by atoms with Crippen molar-refractivity contribution in [2.24, 2.45) is 0 Å². The van der Waals surface area contributed by atoms with Gasteiger partial charge in [-0.2, -0.15) is 13.2 Å². The number of benzene rings is 1. The van der Waals surface area contributed by atoms with Crippen molar-refractivity contribution in [3.05, 3.63) is 72.1 Å². The van der Waals surface area contributed by atoms with E-state index in [-0.39, 0.29) is 40.1 Å². The Morgan fingerprint density at radius 2 is 1.76 bits per heavy atom. The second-order valence-electron chi connectivity index (χ2n) is 7.23. The molecule has 4 rings (SSSR count). The van der Waals surface area contributed by atoms with E-state index >= 15 is 0 Å². The van der Waals surface area contributed by atoms with Crippen molar-refractivity contribution >= 4 is 28.9 Å². The zero-order chi connectivity index (χ0) is 29.1. The molecule has 3 N–H and O–H groups in total. The van der Waals surface area contributed by atoms with Gasteiger partial charge in [0.15, 0.2) is 28.9 Å². The van der Waals surface area contributed by atoms with E-state index < -0.39 is 30.6 Å². The van der Waals surface area contributed by atoms with Crippen molar-refractivity contribution in [1.29, 1.82) is 0 Å². The SMILES string of the molecule is [2H]C([2H])([2H])NC(=O)c1cnc(Nc2ccc(C(F)(F)F)nn2)cc1Nc1cccc(-c2ncc(F)cn2)c1OC. The highest BCUT2D eigenvalue weighted by Crippen LogP contribution is 2.37. The highest BCUT2D eigenvalue weighted by Gasteiger charge is 2.32. The number of alkyl halides is 3. The second kappa shape index (κ2) is 10.4. The molecular weight excluding hydrogens is 496 g/mol. The molecule has 4 aromatic rings. The molecule has 3 aromatic heterocycles. The number of para-hydroxylation sites is 1. The predicted octanol–water partition coefficient (Wildman–Crippen LogP) is 4.34. The number of carbonyl (C=O) groups excluding carboxylic acids is 1. The fourth-order valence-electron chi connectivity index (χ4n) is 3.18. The van der Waals surface area contributed by atoms with Crippen LogP contribution in [0.5, 0.6) is 5.75 Å². The Balaban J connectivity index is 1.72. The Hall–Kier alpha value is -4.88. The van der Waals surface area contributed by atoms with Crippen LogP contribution in [0, 0.1) is 5.82 Å². The van der Waals surface area contributed by atoms with Crippen LogP contribution in [0.4, 0.5) is 40.6 Å². The number of carbonyl (C=O) groups is 1. The molecule has 0 atom stereocenters. The summed E-state index contributed by atoms with van der Waals surface area (Å²) >= 11 is 0. The maximum atomic E-state index is 13.3. The lowest BCUT2D eigenvalue weighted by Gasteiger charge is -2.17. The lowest BCUT2D eigenvalue weighted by molar-refractivity contribution is -0.141. The zero-order valence-corrected chi connectivity index (χ0v) is 18.8. The highest BCUT2D eigenvalue weighted by molar-refractivity contribution is 6.00. The van der Waals surface area contributed by atoms with Crippen LogP contribution in [0.3, 0.4) is 0 Å². The van der Waals surface area contributed by atoms with E-state index in [0.29, 0.717) is 5.56 Å². The fourth-order valence-corrected chi connectivity index (χ4v) is 3.18. The van der Waals surface area contributed by atoms with E-state index in [2.05, 4.69) is 35.8 Å². The average Bonchev–Trinajstić information content (AvgIpc) is 2.88. The van der Waals surface area contributed by atoms with E-state index in [1.165, 1.54) is 13.2 Å². The minimum atomic E-state index is -4.68. The monoisotopic (exact) mass is 517 g/mol. The van der Waals surface area contributed by atoms with Crippen molar-refractivity contribution in [3.63, 3.8) is 0 Å². The van der Waals surface area contributed by atoms with Gasteiger partial charge in [0, 0.05) is 23.4 Å². The maximum Gasteiger partial charge on any atom is 0.435 e. The number of amides is 1. The summed E-state index contributed by atoms with van der Waals surface area (Å²) in [4.78, 5) is 24.7. The molecule has 0 aliphatic rings. The smallest absolute Gasteiger partial charge is 0.435 e. The topological polar surface area (TPSA) is 127 Å². The summed E-state index contributed by atoms with van der Waals surface area (Å²) in [5, 5.41) is 14.1. The number of nitrogens with zero attached hydrogens (tertiary/aromatic N) is 5. The Kier molecular flexibility index (Phi) is 6.01. The van der Waals surface area contributed by atoms with Gasteiger partial charge in [0.25, 0.3) is 5.91 Å². The third kappa shape index (κ3) is 5.69. The fraction of sp³-hybridized carbons (Fsp3) is 0.130. The molecule has 3 heterocycles. The number of aromatic nitrogens is 5. The van der Waals surface area contributed by atoms with Gasteiger partial charge in [0.05, 0.1) is 42.0 Å². The molecule has 0 bridgehead atoms. The van der Waals surface area contributed by atoms with Crippen LogP contribution in [0.2, 0.25) is 0 Å². The van der Waals surface area contributed by atoms with Crippen LogP contribution in [-0.4, -0.2) is 45.1 Å². The highest BCUT2D eigenvalue weighted by atomic mass is 19.4. The van der Waals surface area contributed by atoms with E-state index in [0.717, 1.165) is 30.7 Å². The molecule has 190 valence electrons. The number of hydrogen-bond donors (Lipinski definition) is 3. The number of hydrogen-bond acceptors (Lipinski definition) is 9. The molecule has 1 amide bonds. The second-order valence-corrected chi connectivity index (χ2v) is 7.23. The molecule has 0 radical (unpaired) electrons. The Morgan fingerprint density at radius 3 is 2.41 bits per heavy atom. The zero-order valence-electron chi connectivity index (χ0n) is 21.8. The molecule has 0 aliphatic carbocycles. The Bertz CT molecular complexity index is 1520. The van der Waals surface area contributed by atoms with Gasteiger partial charge in [-0.25, -0.2) is 19.3 Å². The number of anilines is 4. The van der Waals surface area contributed by atoms with Gasteiger partial charge >= 0.3 is 6.18 Å². The number of rotatable bonds is 7. The van der Waals surface area contributed by atoms with Gasteiger partial charge in [-0.1, -0.05) is 6.07 Å². The molecule has 0 spiro atoms. The first kappa shape index (κ1) is 21.4. The summed E-state index contributed by atoms with van der Waals surface area (Å²) in [5.74, 6) is -1.35. The van der Waals surface area contributed by atoms with Gasteiger partial charge < -0.3 is 20.7 Å². The molecule has 0 unspecified atom stereocenters. The number of methoxy groups -OCH3 is 1. The number of ether oxygens (including phenoxy) is 1. The van der Waals surface area contributed by atoms with Gasteiger partial charge in [-0.05, 0) is 24.3 Å². The average molecular weight is 517 g/mol.